The van der Waals surface area contributed by atoms with E-state index in [-0.39, 0.29) is 12.1 Å². The molecule has 0 bridgehead atoms. The maximum atomic E-state index is 11.8. The summed E-state index contributed by atoms with van der Waals surface area (Å²) >= 11 is 0. The van der Waals surface area contributed by atoms with Crippen molar-refractivity contribution in [1.82, 2.24) is 5.32 Å². The summed E-state index contributed by atoms with van der Waals surface area (Å²) in [5, 5.41) is 3.19. The number of carbonyl (C=O) groups is 1. The van der Waals surface area contributed by atoms with Gasteiger partial charge in [0.25, 0.3) is 0 Å². The van der Waals surface area contributed by atoms with E-state index in [9.17, 15) is 4.79 Å². The topological polar surface area (TPSA) is 47.6 Å². The molecule has 0 aromatic heterocycles. The molecule has 2 unspecified atom stereocenters. The molecule has 0 heterocycles. The molecule has 2 atom stereocenters. The summed E-state index contributed by atoms with van der Waals surface area (Å²) in [6.07, 6.45) is 1.09. The monoisotopic (exact) mass is 245 g/mol. The van der Waals surface area contributed by atoms with Crippen molar-refractivity contribution in [2.75, 3.05) is 20.3 Å². The minimum atomic E-state index is -0.756. The molecular formula is C13H27NO3. The van der Waals surface area contributed by atoms with E-state index in [1.807, 2.05) is 13.8 Å². The van der Waals surface area contributed by atoms with Crippen LogP contribution < -0.4 is 5.32 Å². The van der Waals surface area contributed by atoms with E-state index in [1.165, 1.54) is 7.11 Å². The fourth-order valence-electron chi connectivity index (χ4n) is 1.30. The number of esters is 1. The maximum Gasteiger partial charge on any atom is 0.328 e. The summed E-state index contributed by atoms with van der Waals surface area (Å²) in [6.45, 7) is 11.2. The molecule has 4 heteroatoms. The summed E-state index contributed by atoms with van der Waals surface area (Å²) < 4.78 is 10.5. The maximum absolute atomic E-state index is 11.8. The average molecular weight is 245 g/mol. The summed E-state index contributed by atoms with van der Waals surface area (Å²) in [6, 6.07) is 0. The Kier molecular flexibility index (Phi) is 7.39. The van der Waals surface area contributed by atoms with Crippen LogP contribution in [0.5, 0.6) is 0 Å². The van der Waals surface area contributed by atoms with Crippen molar-refractivity contribution in [3.8, 4) is 0 Å². The Morgan fingerprint density at radius 1 is 1.35 bits per heavy atom. The van der Waals surface area contributed by atoms with Crippen LogP contribution in [-0.4, -0.2) is 37.9 Å². The van der Waals surface area contributed by atoms with Crippen LogP contribution in [0.25, 0.3) is 0 Å². The van der Waals surface area contributed by atoms with Gasteiger partial charge in [0.1, 0.15) is 5.54 Å². The number of rotatable bonds is 8. The van der Waals surface area contributed by atoms with Gasteiger partial charge in [0.15, 0.2) is 0 Å². The molecule has 0 fully saturated rings. The minimum absolute atomic E-state index is 0.127. The van der Waals surface area contributed by atoms with Gasteiger partial charge in [0.2, 0.25) is 0 Å². The van der Waals surface area contributed by atoms with Gasteiger partial charge in [-0.1, -0.05) is 20.8 Å². The van der Waals surface area contributed by atoms with E-state index >= 15 is 0 Å². The number of ether oxygens (including phenoxy) is 2. The quantitative estimate of drug-likeness (QED) is 0.664. The van der Waals surface area contributed by atoms with Crippen LogP contribution in [0.4, 0.5) is 0 Å². The first-order valence-corrected chi connectivity index (χ1v) is 6.32. The van der Waals surface area contributed by atoms with Gasteiger partial charge in [0.05, 0.1) is 19.8 Å². The normalized spacial score (nSPS) is 16.6. The van der Waals surface area contributed by atoms with Crippen LogP contribution in [0.15, 0.2) is 0 Å². The first-order chi connectivity index (χ1) is 7.87. The molecule has 0 saturated heterocycles. The molecule has 0 saturated carbocycles. The van der Waals surface area contributed by atoms with Crippen LogP contribution >= 0.6 is 0 Å². The SMILES string of the molecule is CCCNC(C)(COC(C)C(C)C)C(=O)OC. The second-order valence-corrected chi connectivity index (χ2v) is 5.01. The lowest BCUT2D eigenvalue weighted by Gasteiger charge is -2.30. The van der Waals surface area contributed by atoms with Gasteiger partial charge in [-0.3, -0.25) is 0 Å². The molecule has 4 nitrogen and oxygen atoms in total. The molecule has 0 aliphatic carbocycles. The second-order valence-electron chi connectivity index (χ2n) is 5.01. The Hall–Kier alpha value is -0.610. The number of nitrogens with one attached hydrogen (secondary N) is 1. The van der Waals surface area contributed by atoms with E-state index in [1.54, 1.807) is 0 Å². The molecule has 0 radical (unpaired) electrons. The first kappa shape index (κ1) is 16.4. The van der Waals surface area contributed by atoms with Gasteiger partial charge in [-0.05, 0) is 32.7 Å². The number of hydrogen-bond acceptors (Lipinski definition) is 4. The highest BCUT2D eigenvalue weighted by atomic mass is 16.5. The van der Waals surface area contributed by atoms with Gasteiger partial charge in [-0.15, -0.1) is 0 Å². The minimum Gasteiger partial charge on any atom is -0.468 e. The van der Waals surface area contributed by atoms with Gasteiger partial charge < -0.3 is 14.8 Å². The Morgan fingerprint density at radius 3 is 2.35 bits per heavy atom. The highest BCUT2D eigenvalue weighted by molar-refractivity contribution is 5.80. The van der Waals surface area contributed by atoms with Crippen molar-refractivity contribution in [3.63, 3.8) is 0 Å². The largest absolute Gasteiger partial charge is 0.468 e. The molecule has 17 heavy (non-hydrogen) atoms. The highest BCUT2D eigenvalue weighted by Crippen LogP contribution is 2.12. The predicted molar refractivity (Wildman–Crippen MR) is 69.0 cm³/mol. The Morgan fingerprint density at radius 2 is 1.94 bits per heavy atom. The summed E-state index contributed by atoms with van der Waals surface area (Å²) in [4.78, 5) is 11.8. The third-order valence-corrected chi connectivity index (χ3v) is 2.97. The van der Waals surface area contributed by atoms with Crippen LogP contribution in [0.1, 0.15) is 41.0 Å². The van der Waals surface area contributed by atoms with Crippen molar-refractivity contribution in [2.45, 2.75) is 52.7 Å². The number of carbonyl (C=O) groups excluding carboxylic acids is 1. The molecule has 0 rings (SSSR count). The van der Waals surface area contributed by atoms with Crippen molar-refractivity contribution in [3.05, 3.63) is 0 Å². The average Bonchev–Trinajstić information content (AvgIpc) is 2.32. The smallest absolute Gasteiger partial charge is 0.328 e. The lowest BCUT2D eigenvalue weighted by Crippen LogP contribution is -2.54. The predicted octanol–water partition coefficient (Wildman–Crippen LogP) is 1.98. The van der Waals surface area contributed by atoms with Gasteiger partial charge in [0, 0.05) is 0 Å². The third-order valence-electron chi connectivity index (χ3n) is 2.97. The van der Waals surface area contributed by atoms with Crippen LogP contribution in [-0.2, 0) is 14.3 Å². The van der Waals surface area contributed by atoms with Gasteiger partial charge in [-0.25, -0.2) is 4.79 Å². The number of hydrogen-bond donors (Lipinski definition) is 1. The first-order valence-electron chi connectivity index (χ1n) is 6.32. The summed E-state index contributed by atoms with van der Waals surface area (Å²) in [7, 11) is 1.40. The van der Waals surface area contributed by atoms with Crippen molar-refractivity contribution >= 4 is 5.97 Å². The molecule has 0 aromatic rings. The zero-order valence-corrected chi connectivity index (χ0v) is 12.0. The fraction of sp³-hybridized carbons (Fsp3) is 0.923. The second kappa shape index (κ2) is 7.67. The standard InChI is InChI=1S/C13H27NO3/c1-7-8-14-13(5,12(15)16-6)9-17-11(4)10(2)3/h10-11,14H,7-9H2,1-6H3. The lowest BCUT2D eigenvalue weighted by atomic mass is 10.0. The highest BCUT2D eigenvalue weighted by Gasteiger charge is 2.34. The molecule has 0 aliphatic rings. The number of methoxy groups -OCH3 is 1. The molecule has 102 valence electrons. The molecule has 0 aromatic carbocycles. The van der Waals surface area contributed by atoms with E-state index in [0.29, 0.717) is 12.5 Å². The molecule has 0 aliphatic heterocycles. The summed E-state index contributed by atoms with van der Waals surface area (Å²) in [5.74, 6) is 0.157. The van der Waals surface area contributed by atoms with Crippen LogP contribution in [0, 0.1) is 5.92 Å². The fourth-order valence-corrected chi connectivity index (χ4v) is 1.30. The molecule has 1 N–H and O–H groups in total. The van der Waals surface area contributed by atoms with E-state index < -0.39 is 5.54 Å². The van der Waals surface area contributed by atoms with E-state index in [0.717, 1.165) is 13.0 Å². The zero-order valence-electron chi connectivity index (χ0n) is 12.0. The summed E-state index contributed by atoms with van der Waals surface area (Å²) in [5.41, 5.74) is -0.756. The van der Waals surface area contributed by atoms with Gasteiger partial charge in [-0.2, -0.15) is 0 Å². The van der Waals surface area contributed by atoms with E-state index in [4.69, 9.17) is 9.47 Å². The van der Waals surface area contributed by atoms with Crippen molar-refractivity contribution in [1.29, 1.82) is 0 Å². The van der Waals surface area contributed by atoms with Crippen molar-refractivity contribution < 1.29 is 14.3 Å². The molecule has 0 amide bonds. The van der Waals surface area contributed by atoms with Crippen LogP contribution in [0.2, 0.25) is 0 Å². The Bertz CT molecular complexity index is 231. The van der Waals surface area contributed by atoms with E-state index in [2.05, 4.69) is 26.1 Å². The molecular weight excluding hydrogens is 218 g/mol. The zero-order chi connectivity index (χ0) is 13.5. The van der Waals surface area contributed by atoms with Crippen molar-refractivity contribution in [2.24, 2.45) is 5.92 Å². The lowest BCUT2D eigenvalue weighted by molar-refractivity contribution is -0.152. The Labute approximate surface area is 105 Å². The Balaban J connectivity index is 4.43. The molecule has 0 spiro atoms. The van der Waals surface area contributed by atoms with Gasteiger partial charge >= 0.3 is 5.97 Å². The third kappa shape index (κ3) is 5.50. The van der Waals surface area contributed by atoms with Crippen LogP contribution in [0.3, 0.4) is 0 Å².